The number of amides is 2. The Morgan fingerprint density at radius 3 is 2.46 bits per heavy atom. The molecule has 0 fully saturated rings. The smallest absolute Gasteiger partial charge is 0.313 e. The van der Waals surface area contributed by atoms with E-state index in [9.17, 15) is 19.7 Å². The van der Waals surface area contributed by atoms with Crippen molar-refractivity contribution in [1.29, 1.82) is 0 Å². The van der Waals surface area contributed by atoms with Crippen LogP contribution in [0, 0.1) is 10.1 Å². The van der Waals surface area contributed by atoms with Crippen LogP contribution in [0.25, 0.3) is 0 Å². The van der Waals surface area contributed by atoms with E-state index >= 15 is 0 Å². The molecule has 0 aliphatic carbocycles. The Kier molecular flexibility index (Phi) is 6.51. The molecule has 2 rings (SSSR count). The normalized spacial score (nSPS) is 10.1. The van der Waals surface area contributed by atoms with E-state index in [0.29, 0.717) is 6.42 Å². The Bertz CT molecular complexity index is 824. The van der Waals surface area contributed by atoms with Crippen LogP contribution in [0.5, 0.6) is 5.75 Å². The highest BCUT2D eigenvalue weighted by Gasteiger charge is 2.17. The summed E-state index contributed by atoms with van der Waals surface area (Å²) in [5.41, 5.74) is 0.723. The lowest BCUT2D eigenvalue weighted by atomic mass is 10.1. The van der Waals surface area contributed by atoms with Gasteiger partial charge in [-0.3, -0.25) is 19.7 Å². The Morgan fingerprint density at radius 1 is 1.15 bits per heavy atom. The van der Waals surface area contributed by atoms with E-state index in [-0.39, 0.29) is 22.9 Å². The molecule has 136 valence electrons. The van der Waals surface area contributed by atoms with E-state index in [1.54, 1.807) is 19.2 Å². The second-order valence-corrected chi connectivity index (χ2v) is 5.64. The summed E-state index contributed by atoms with van der Waals surface area (Å²) in [6.45, 7) is 0.263. The SMILES string of the molecule is COc1ccc(CCNC(=O)C(=O)Nc2ccc(Cl)c([N+](=O)[O-])c2)cc1. The molecule has 0 heterocycles. The van der Waals surface area contributed by atoms with Gasteiger partial charge in [-0.15, -0.1) is 0 Å². The van der Waals surface area contributed by atoms with Gasteiger partial charge in [-0.05, 0) is 36.2 Å². The van der Waals surface area contributed by atoms with E-state index in [2.05, 4.69) is 10.6 Å². The van der Waals surface area contributed by atoms with Crippen LogP contribution in [-0.4, -0.2) is 30.4 Å². The van der Waals surface area contributed by atoms with Crippen LogP contribution in [0.15, 0.2) is 42.5 Å². The molecule has 2 N–H and O–H groups in total. The minimum Gasteiger partial charge on any atom is -0.497 e. The number of nitrogens with zero attached hydrogens (tertiary/aromatic N) is 1. The number of rotatable bonds is 6. The Hall–Kier alpha value is -3.13. The van der Waals surface area contributed by atoms with Crippen LogP contribution in [-0.2, 0) is 16.0 Å². The number of carbonyl (C=O) groups is 2. The summed E-state index contributed by atoms with van der Waals surface area (Å²) in [4.78, 5) is 33.8. The van der Waals surface area contributed by atoms with Crippen molar-refractivity contribution in [1.82, 2.24) is 5.32 Å². The Balaban J connectivity index is 1.86. The molecule has 0 unspecified atom stereocenters. The average Bonchev–Trinajstić information content (AvgIpc) is 2.63. The summed E-state index contributed by atoms with van der Waals surface area (Å²) in [5.74, 6) is -1.03. The van der Waals surface area contributed by atoms with Gasteiger partial charge in [0.15, 0.2) is 0 Å². The second kappa shape index (κ2) is 8.82. The number of nitro benzene ring substituents is 1. The van der Waals surface area contributed by atoms with Crippen molar-refractivity contribution in [3.05, 3.63) is 63.2 Å². The van der Waals surface area contributed by atoms with Gasteiger partial charge in [0.2, 0.25) is 0 Å². The first-order valence-corrected chi connectivity index (χ1v) is 7.94. The molecule has 0 aliphatic rings. The van der Waals surface area contributed by atoms with Crippen molar-refractivity contribution in [2.75, 3.05) is 19.0 Å². The Morgan fingerprint density at radius 2 is 1.85 bits per heavy atom. The highest BCUT2D eigenvalue weighted by Crippen LogP contribution is 2.27. The highest BCUT2D eigenvalue weighted by molar-refractivity contribution is 6.39. The number of ether oxygens (including phenoxy) is 1. The third-order valence-electron chi connectivity index (χ3n) is 3.47. The summed E-state index contributed by atoms with van der Waals surface area (Å²) in [6, 6.07) is 11.1. The molecule has 0 atom stereocenters. The molecule has 0 saturated carbocycles. The lowest BCUT2D eigenvalue weighted by molar-refractivity contribution is -0.384. The zero-order valence-electron chi connectivity index (χ0n) is 13.8. The topological polar surface area (TPSA) is 111 Å². The molecule has 0 radical (unpaired) electrons. The number of nitrogens with one attached hydrogen (secondary N) is 2. The fraction of sp³-hybridized carbons (Fsp3) is 0.176. The van der Waals surface area contributed by atoms with Gasteiger partial charge in [0.1, 0.15) is 10.8 Å². The first-order chi connectivity index (χ1) is 12.4. The maximum atomic E-state index is 11.9. The molecule has 0 bridgehead atoms. The van der Waals surface area contributed by atoms with Crippen LogP contribution in [0.2, 0.25) is 5.02 Å². The largest absolute Gasteiger partial charge is 0.497 e. The van der Waals surface area contributed by atoms with Crippen LogP contribution in [0.3, 0.4) is 0 Å². The predicted octanol–water partition coefficient (Wildman–Crippen LogP) is 2.55. The molecule has 0 aliphatic heterocycles. The monoisotopic (exact) mass is 377 g/mol. The quantitative estimate of drug-likeness (QED) is 0.456. The second-order valence-electron chi connectivity index (χ2n) is 5.23. The van der Waals surface area contributed by atoms with Crippen LogP contribution in [0.1, 0.15) is 5.56 Å². The first kappa shape index (κ1) is 19.2. The van der Waals surface area contributed by atoms with E-state index in [4.69, 9.17) is 16.3 Å². The fourth-order valence-corrected chi connectivity index (χ4v) is 2.30. The summed E-state index contributed by atoms with van der Waals surface area (Å²) >= 11 is 5.69. The molecule has 26 heavy (non-hydrogen) atoms. The maximum Gasteiger partial charge on any atom is 0.313 e. The molecular formula is C17H16ClN3O5. The zero-order chi connectivity index (χ0) is 19.1. The average molecular weight is 378 g/mol. The van der Waals surface area contributed by atoms with Gasteiger partial charge in [0.25, 0.3) is 5.69 Å². The van der Waals surface area contributed by atoms with E-state index in [1.165, 1.54) is 12.1 Å². The van der Waals surface area contributed by atoms with Crippen molar-refractivity contribution in [3.63, 3.8) is 0 Å². The van der Waals surface area contributed by atoms with Gasteiger partial charge in [0, 0.05) is 18.3 Å². The van der Waals surface area contributed by atoms with E-state index < -0.39 is 16.7 Å². The van der Waals surface area contributed by atoms with Crippen LogP contribution < -0.4 is 15.4 Å². The predicted molar refractivity (Wildman–Crippen MR) is 96.4 cm³/mol. The maximum absolute atomic E-state index is 11.9. The molecule has 2 aromatic carbocycles. The molecular weight excluding hydrogens is 362 g/mol. The van der Waals surface area contributed by atoms with Gasteiger partial charge in [-0.2, -0.15) is 0 Å². The molecule has 2 aromatic rings. The number of hydrogen-bond donors (Lipinski definition) is 2. The lowest BCUT2D eigenvalue weighted by Gasteiger charge is -2.07. The van der Waals surface area contributed by atoms with Gasteiger partial charge in [-0.1, -0.05) is 23.7 Å². The fourth-order valence-electron chi connectivity index (χ4n) is 2.11. The molecule has 9 heteroatoms. The van der Waals surface area contributed by atoms with E-state index in [0.717, 1.165) is 17.4 Å². The van der Waals surface area contributed by atoms with Crippen molar-refractivity contribution < 1.29 is 19.2 Å². The number of anilines is 1. The number of hydrogen-bond acceptors (Lipinski definition) is 5. The minimum absolute atomic E-state index is 0.0584. The number of carbonyl (C=O) groups excluding carboxylic acids is 2. The number of methoxy groups -OCH3 is 1. The van der Waals surface area contributed by atoms with Gasteiger partial charge >= 0.3 is 11.8 Å². The Labute approximate surface area is 154 Å². The molecule has 0 aromatic heterocycles. The molecule has 2 amide bonds. The lowest BCUT2D eigenvalue weighted by Crippen LogP contribution is -2.36. The van der Waals surface area contributed by atoms with Crippen molar-refractivity contribution in [3.8, 4) is 5.75 Å². The van der Waals surface area contributed by atoms with Crippen molar-refractivity contribution in [2.24, 2.45) is 0 Å². The highest BCUT2D eigenvalue weighted by atomic mass is 35.5. The number of halogens is 1. The van der Waals surface area contributed by atoms with Crippen molar-refractivity contribution in [2.45, 2.75) is 6.42 Å². The van der Waals surface area contributed by atoms with E-state index in [1.807, 2.05) is 12.1 Å². The third kappa shape index (κ3) is 5.18. The summed E-state index contributed by atoms with van der Waals surface area (Å²) in [7, 11) is 1.57. The molecule has 0 saturated heterocycles. The number of benzene rings is 2. The molecule has 0 spiro atoms. The third-order valence-corrected chi connectivity index (χ3v) is 3.78. The van der Waals surface area contributed by atoms with Crippen molar-refractivity contribution >= 4 is 34.8 Å². The van der Waals surface area contributed by atoms with Gasteiger partial charge in [0.05, 0.1) is 12.0 Å². The number of nitro groups is 1. The summed E-state index contributed by atoms with van der Waals surface area (Å²) in [6.07, 6.45) is 0.537. The van der Waals surface area contributed by atoms with Crippen LogP contribution >= 0.6 is 11.6 Å². The van der Waals surface area contributed by atoms with Gasteiger partial charge < -0.3 is 15.4 Å². The first-order valence-electron chi connectivity index (χ1n) is 7.56. The minimum atomic E-state index is -0.920. The van der Waals surface area contributed by atoms with Gasteiger partial charge in [-0.25, -0.2) is 0 Å². The zero-order valence-corrected chi connectivity index (χ0v) is 14.6. The summed E-state index contributed by atoms with van der Waals surface area (Å²) in [5, 5.41) is 15.6. The molecule has 8 nitrogen and oxygen atoms in total. The standard InChI is InChI=1S/C17H16ClN3O5/c1-26-13-5-2-11(3-6-13)8-9-19-16(22)17(23)20-12-4-7-14(18)15(10-12)21(24)25/h2-7,10H,8-9H2,1H3,(H,19,22)(H,20,23). The van der Waals surface area contributed by atoms with Crippen LogP contribution in [0.4, 0.5) is 11.4 Å². The summed E-state index contributed by atoms with van der Waals surface area (Å²) < 4.78 is 5.06.